The van der Waals surface area contributed by atoms with Crippen LogP contribution in [0.5, 0.6) is 0 Å². The monoisotopic (exact) mass is 492 g/mol. The lowest BCUT2D eigenvalue weighted by molar-refractivity contribution is 0.0377. The van der Waals surface area contributed by atoms with Gasteiger partial charge in [-0.15, -0.1) is 24.0 Å². The largest absolute Gasteiger partial charge is 0.469 e. The zero-order valence-electron chi connectivity index (χ0n) is 16.9. The van der Waals surface area contributed by atoms with Crippen LogP contribution in [0.3, 0.4) is 0 Å². The van der Waals surface area contributed by atoms with Crippen molar-refractivity contribution in [2.75, 3.05) is 52.5 Å². The molecule has 0 spiro atoms. The lowest BCUT2D eigenvalue weighted by Gasteiger charge is -2.26. The Bertz CT molecular complexity index is 488. The van der Waals surface area contributed by atoms with Crippen molar-refractivity contribution in [1.82, 2.24) is 15.5 Å². The van der Waals surface area contributed by atoms with E-state index >= 15 is 0 Å². The Morgan fingerprint density at radius 1 is 1.19 bits per heavy atom. The molecule has 156 valence electrons. The van der Waals surface area contributed by atoms with Crippen LogP contribution >= 0.6 is 24.0 Å². The van der Waals surface area contributed by atoms with E-state index < -0.39 is 0 Å². The van der Waals surface area contributed by atoms with Gasteiger partial charge in [0.05, 0.1) is 19.5 Å². The maximum atomic E-state index is 5.39. The van der Waals surface area contributed by atoms with Crippen LogP contribution in [0.25, 0.3) is 0 Å². The second-order valence-electron chi connectivity index (χ2n) is 7.26. The molecule has 2 heterocycles. The summed E-state index contributed by atoms with van der Waals surface area (Å²) in [7, 11) is 0. The molecule has 0 aliphatic carbocycles. The number of guanidine groups is 1. The van der Waals surface area contributed by atoms with Crippen LogP contribution in [0.15, 0.2) is 27.8 Å². The van der Waals surface area contributed by atoms with Crippen LogP contribution in [0.4, 0.5) is 0 Å². The average Bonchev–Trinajstić information content (AvgIpc) is 3.16. The molecule has 1 saturated heterocycles. The van der Waals surface area contributed by atoms with Gasteiger partial charge in [-0.25, -0.2) is 0 Å². The van der Waals surface area contributed by atoms with Crippen molar-refractivity contribution in [3.05, 3.63) is 24.2 Å². The predicted octanol–water partition coefficient (Wildman–Crippen LogP) is 3.13. The Labute approximate surface area is 181 Å². The second-order valence-corrected chi connectivity index (χ2v) is 7.26. The van der Waals surface area contributed by atoms with E-state index in [1.807, 2.05) is 12.1 Å². The molecule has 0 bridgehead atoms. The van der Waals surface area contributed by atoms with Crippen LogP contribution in [0, 0.1) is 5.92 Å². The Morgan fingerprint density at radius 2 is 1.96 bits per heavy atom. The molecule has 2 N–H and O–H groups in total. The highest BCUT2D eigenvalue weighted by molar-refractivity contribution is 14.0. The smallest absolute Gasteiger partial charge is 0.191 e. The van der Waals surface area contributed by atoms with Crippen LogP contribution in [0.1, 0.15) is 38.9 Å². The molecule has 1 aliphatic rings. The molecule has 1 fully saturated rings. The maximum absolute atomic E-state index is 5.39. The summed E-state index contributed by atoms with van der Waals surface area (Å²) in [6.45, 7) is 12.1. The number of morpholine rings is 1. The predicted molar refractivity (Wildman–Crippen MR) is 122 cm³/mol. The van der Waals surface area contributed by atoms with Gasteiger partial charge in [-0.1, -0.05) is 13.8 Å². The number of nitrogens with one attached hydrogen (secondary N) is 2. The summed E-state index contributed by atoms with van der Waals surface area (Å²) in [6.07, 6.45) is 6.08. The molecular formula is C20H37IN4O2. The minimum absolute atomic E-state index is 0. The first kappa shape index (κ1) is 24.2. The lowest BCUT2D eigenvalue weighted by Crippen LogP contribution is -2.39. The average molecular weight is 492 g/mol. The van der Waals surface area contributed by atoms with E-state index in [1.54, 1.807) is 6.26 Å². The van der Waals surface area contributed by atoms with Gasteiger partial charge in [0.2, 0.25) is 0 Å². The normalized spacial score (nSPS) is 15.6. The molecule has 1 aromatic rings. The Balaban J connectivity index is 0.00000364. The van der Waals surface area contributed by atoms with Crippen LogP contribution < -0.4 is 10.6 Å². The van der Waals surface area contributed by atoms with E-state index in [4.69, 9.17) is 14.1 Å². The fourth-order valence-electron chi connectivity index (χ4n) is 2.96. The number of rotatable bonds is 11. The summed E-state index contributed by atoms with van der Waals surface area (Å²) >= 11 is 0. The zero-order chi connectivity index (χ0) is 18.5. The highest BCUT2D eigenvalue weighted by atomic mass is 127. The van der Waals surface area contributed by atoms with Gasteiger partial charge in [0.1, 0.15) is 5.76 Å². The van der Waals surface area contributed by atoms with E-state index in [1.165, 1.54) is 12.8 Å². The second kappa shape index (κ2) is 15.2. The molecule has 0 aromatic carbocycles. The SMILES string of the molecule is CC(C)CCCNC(=NCCCN1CCOCC1)NCCc1ccco1.I. The van der Waals surface area contributed by atoms with Crippen LogP contribution in [0.2, 0.25) is 0 Å². The maximum Gasteiger partial charge on any atom is 0.191 e. The first-order valence-electron chi connectivity index (χ1n) is 10.1. The summed E-state index contributed by atoms with van der Waals surface area (Å²) in [5, 5.41) is 6.90. The first-order chi connectivity index (χ1) is 12.7. The number of hydrogen-bond acceptors (Lipinski definition) is 4. The summed E-state index contributed by atoms with van der Waals surface area (Å²) in [5.41, 5.74) is 0. The lowest BCUT2D eigenvalue weighted by atomic mass is 10.1. The van der Waals surface area contributed by atoms with Gasteiger partial charge in [-0.3, -0.25) is 9.89 Å². The Hall–Kier alpha value is -0.800. The molecule has 7 heteroatoms. The number of halogens is 1. The molecular weight excluding hydrogens is 455 g/mol. The minimum Gasteiger partial charge on any atom is -0.469 e. The highest BCUT2D eigenvalue weighted by Crippen LogP contribution is 2.02. The van der Waals surface area contributed by atoms with Gasteiger partial charge in [-0.2, -0.15) is 0 Å². The standard InChI is InChI=1S/C20H36N4O2.HI/c1-18(2)6-3-9-21-20(23-11-8-19-7-4-15-26-19)22-10-5-12-24-13-16-25-17-14-24;/h4,7,15,18H,3,5-6,8-14,16-17H2,1-2H3,(H2,21,22,23);1H. The third-order valence-corrected chi connectivity index (χ3v) is 4.50. The Kier molecular flexibility index (Phi) is 13.6. The molecule has 0 atom stereocenters. The summed E-state index contributed by atoms with van der Waals surface area (Å²) in [4.78, 5) is 7.21. The topological polar surface area (TPSA) is 62.0 Å². The van der Waals surface area contributed by atoms with Crippen molar-refractivity contribution < 1.29 is 9.15 Å². The quantitative estimate of drug-likeness (QED) is 0.215. The molecule has 0 radical (unpaired) electrons. The fourth-order valence-corrected chi connectivity index (χ4v) is 2.96. The van der Waals surface area contributed by atoms with E-state index in [-0.39, 0.29) is 24.0 Å². The van der Waals surface area contributed by atoms with Crippen molar-refractivity contribution in [2.24, 2.45) is 10.9 Å². The summed E-state index contributed by atoms with van der Waals surface area (Å²) in [6, 6.07) is 3.94. The molecule has 6 nitrogen and oxygen atoms in total. The number of aliphatic imine (C=N–C) groups is 1. The molecule has 2 rings (SSSR count). The number of nitrogens with zero attached hydrogens (tertiary/aromatic N) is 2. The summed E-state index contributed by atoms with van der Waals surface area (Å²) < 4.78 is 10.8. The highest BCUT2D eigenvalue weighted by Gasteiger charge is 2.09. The summed E-state index contributed by atoms with van der Waals surface area (Å²) in [5.74, 6) is 2.67. The van der Waals surface area contributed by atoms with Gasteiger partial charge in [0, 0.05) is 45.7 Å². The van der Waals surface area contributed by atoms with E-state index in [9.17, 15) is 0 Å². The number of furan rings is 1. The van der Waals surface area contributed by atoms with Crippen molar-refractivity contribution in [1.29, 1.82) is 0 Å². The third-order valence-electron chi connectivity index (χ3n) is 4.50. The Morgan fingerprint density at radius 3 is 2.67 bits per heavy atom. The van der Waals surface area contributed by atoms with Gasteiger partial charge >= 0.3 is 0 Å². The molecule has 0 saturated carbocycles. The minimum atomic E-state index is 0. The van der Waals surface area contributed by atoms with E-state index in [2.05, 4.69) is 29.4 Å². The number of hydrogen-bond donors (Lipinski definition) is 2. The van der Waals surface area contributed by atoms with Crippen LogP contribution in [-0.4, -0.2) is 63.3 Å². The van der Waals surface area contributed by atoms with Gasteiger partial charge < -0.3 is 19.8 Å². The third kappa shape index (κ3) is 11.6. The molecule has 0 amide bonds. The van der Waals surface area contributed by atoms with E-state index in [0.717, 1.165) is 83.0 Å². The molecule has 1 aromatic heterocycles. The van der Waals surface area contributed by atoms with E-state index in [0.29, 0.717) is 0 Å². The van der Waals surface area contributed by atoms with Crippen molar-refractivity contribution >= 4 is 29.9 Å². The van der Waals surface area contributed by atoms with Crippen LogP contribution in [-0.2, 0) is 11.2 Å². The molecule has 0 unspecified atom stereocenters. The van der Waals surface area contributed by atoms with Gasteiger partial charge in [0.15, 0.2) is 5.96 Å². The van der Waals surface area contributed by atoms with Crippen molar-refractivity contribution in [2.45, 2.75) is 39.5 Å². The molecule has 1 aliphatic heterocycles. The molecule has 27 heavy (non-hydrogen) atoms. The van der Waals surface area contributed by atoms with Crippen molar-refractivity contribution in [3.63, 3.8) is 0 Å². The van der Waals surface area contributed by atoms with Crippen molar-refractivity contribution in [3.8, 4) is 0 Å². The fraction of sp³-hybridized carbons (Fsp3) is 0.750. The van der Waals surface area contributed by atoms with Gasteiger partial charge in [0.25, 0.3) is 0 Å². The first-order valence-corrected chi connectivity index (χ1v) is 10.1. The number of ether oxygens (including phenoxy) is 1. The van der Waals surface area contributed by atoms with Gasteiger partial charge in [-0.05, 0) is 37.3 Å². The zero-order valence-corrected chi connectivity index (χ0v) is 19.2.